The van der Waals surface area contributed by atoms with E-state index in [0.29, 0.717) is 5.82 Å². The van der Waals surface area contributed by atoms with Crippen molar-refractivity contribution in [3.05, 3.63) is 30.2 Å². The molecule has 0 bridgehead atoms. The summed E-state index contributed by atoms with van der Waals surface area (Å²) >= 11 is 3.39. The van der Waals surface area contributed by atoms with E-state index < -0.39 is 0 Å². The van der Waals surface area contributed by atoms with Gasteiger partial charge in [-0.05, 0) is 6.07 Å². The van der Waals surface area contributed by atoms with Crippen LogP contribution in [0.3, 0.4) is 0 Å². The van der Waals surface area contributed by atoms with Crippen LogP contribution in [0.5, 0.6) is 5.75 Å². The summed E-state index contributed by atoms with van der Waals surface area (Å²) in [5, 5.41) is 4.52. The summed E-state index contributed by atoms with van der Waals surface area (Å²) in [6, 6.07) is 5.80. The highest BCUT2D eigenvalue weighted by atomic mass is 79.9. The topological polar surface area (TPSA) is 48.2 Å². The largest absolute Gasteiger partial charge is 0.496 e. The molecule has 1 heterocycles. The van der Waals surface area contributed by atoms with Crippen LogP contribution in [-0.2, 0) is 5.33 Å². The molecule has 0 aliphatic carbocycles. The lowest BCUT2D eigenvalue weighted by Gasteiger charge is -2.06. The molecule has 1 aromatic heterocycles. The fraction of sp³-hybridized carbons (Fsp3) is 0.200. The van der Waals surface area contributed by atoms with E-state index >= 15 is 0 Å². The summed E-state index contributed by atoms with van der Waals surface area (Å²) in [5.74, 6) is 1.38. The average Bonchev–Trinajstić information content (AvgIpc) is 2.81. The normalized spacial score (nSPS) is 10.3. The summed E-state index contributed by atoms with van der Waals surface area (Å²) in [6.45, 7) is 0. The molecular weight excluding hydrogens is 260 g/mol. The number of aromatic nitrogens is 2. The van der Waals surface area contributed by atoms with Crippen LogP contribution in [0, 0.1) is 0 Å². The molecule has 5 heteroatoms. The lowest BCUT2D eigenvalue weighted by atomic mass is 10.1. The Labute approximate surface area is 95.4 Å². The monoisotopic (exact) mass is 268 g/mol. The number of hydrogen-bond acceptors (Lipinski definition) is 4. The fourth-order valence-electron chi connectivity index (χ4n) is 1.29. The lowest BCUT2D eigenvalue weighted by Crippen LogP contribution is -1.90. The molecule has 4 nitrogen and oxygen atoms in total. The van der Waals surface area contributed by atoms with Crippen molar-refractivity contribution in [2.24, 2.45) is 0 Å². The molecule has 15 heavy (non-hydrogen) atoms. The van der Waals surface area contributed by atoms with Crippen LogP contribution in [-0.4, -0.2) is 17.3 Å². The Balaban J connectivity index is 2.43. The molecule has 0 atom stereocenters. The van der Waals surface area contributed by atoms with Crippen molar-refractivity contribution >= 4 is 15.9 Å². The molecule has 0 aliphatic heterocycles. The molecule has 0 fully saturated rings. The first-order valence-electron chi connectivity index (χ1n) is 4.34. The van der Waals surface area contributed by atoms with Gasteiger partial charge in [-0.15, -0.1) is 0 Å². The summed E-state index contributed by atoms with van der Waals surface area (Å²) in [7, 11) is 1.64. The van der Waals surface area contributed by atoms with Crippen molar-refractivity contribution in [2.45, 2.75) is 5.33 Å². The second-order valence-electron chi connectivity index (χ2n) is 2.92. The van der Waals surface area contributed by atoms with Crippen molar-refractivity contribution in [1.29, 1.82) is 0 Å². The van der Waals surface area contributed by atoms with Crippen molar-refractivity contribution < 1.29 is 9.26 Å². The van der Waals surface area contributed by atoms with E-state index in [1.807, 2.05) is 18.2 Å². The number of methoxy groups -OCH3 is 1. The van der Waals surface area contributed by atoms with Crippen LogP contribution in [0.2, 0.25) is 0 Å². The van der Waals surface area contributed by atoms with Gasteiger partial charge in [0.1, 0.15) is 5.75 Å². The summed E-state index contributed by atoms with van der Waals surface area (Å²) in [6.07, 6.45) is 1.31. The molecule has 2 aromatic rings. The van der Waals surface area contributed by atoms with Crippen LogP contribution in [0.25, 0.3) is 11.4 Å². The molecule has 0 saturated carbocycles. The van der Waals surface area contributed by atoms with Gasteiger partial charge in [0.2, 0.25) is 12.2 Å². The van der Waals surface area contributed by atoms with E-state index in [-0.39, 0.29) is 0 Å². The minimum absolute atomic E-state index is 0.564. The molecule has 0 N–H and O–H groups in total. The van der Waals surface area contributed by atoms with E-state index in [0.717, 1.165) is 22.2 Å². The second-order valence-corrected chi connectivity index (χ2v) is 3.48. The number of hydrogen-bond donors (Lipinski definition) is 0. The summed E-state index contributed by atoms with van der Waals surface area (Å²) in [5.41, 5.74) is 1.97. The molecule has 0 saturated heterocycles. The Kier molecular flexibility index (Phi) is 3.01. The zero-order chi connectivity index (χ0) is 10.7. The Morgan fingerprint density at radius 2 is 2.33 bits per heavy atom. The van der Waals surface area contributed by atoms with Gasteiger partial charge in [0.15, 0.2) is 0 Å². The van der Waals surface area contributed by atoms with Crippen molar-refractivity contribution in [1.82, 2.24) is 10.1 Å². The van der Waals surface area contributed by atoms with Crippen molar-refractivity contribution in [2.75, 3.05) is 7.11 Å². The van der Waals surface area contributed by atoms with Gasteiger partial charge >= 0.3 is 0 Å². The van der Waals surface area contributed by atoms with Gasteiger partial charge in [-0.1, -0.05) is 33.2 Å². The maximum atomic E-state index is 5.26. The van der Waals surface area contributed by atoms with E-state index in [1.165, 1.54) is 6.39 Å². The third-order valence-corrected chi connectivity index (χ3v) is 2.65. The van der Waals surface area contributed by atoms with E-state index in [4.69, 9.17) is 4.74 Å². The summed E-state index contributed by atoms with van der Waals surface area (Å²) < 4.78 is 9.95. The fourth-order valence-corrected chi connectivity index (χ4v) is 1.76. The maximum absolute atomic E-state index is 5.26. The van der Waals surface area contributed by atoms with Crippen LogP contribution in [0.1, 0.15) is 5.56 Å². The Morgan fingerprint density at radius 1 is 1.47 bits per heavy atom. The first kappa shape index (κ1) is 10.2. The van der Waals surface area contributed by atoms with Gasteiger partial charge in [0.25, 0.3) is 0 Å². The Hall–Kier alpha value is -1.36. The standard InChI is InChI=1S/C10H9BrN2O2/c1-14-9-4-7(2-3-8(9)5-11)10-12-6-15-13-10/h2-4,6H,5H2,1H3. The van der Waals surface area contributed by atoms with Crippen LogP contribution >= 0.6 is 15.9 Å². The minimum atomic E-state index is 0.564. The highest BCUT2D eigenvalue weighted by molar-refractivity contribution is 9.08. The second kappa shape index (κ2) is 4.44. The van der Waals surface area contributed by atoms with E-state index in [1.54, 1.807) is 7.11 Å². The lowest BCUT2D eigenvalue weighted by molar-refractivity contribution is 0.411. The number of nitrogens with zero attached hydrogens (tertiary/aromatic N) is 2. The minimum Gasteiger partial charge on any atom is -0.496 e. The first-order chi connectivity index (χ1) is 7.35. The predicted molar refractivity (Wildman–Crippen MR) is 58.9 cm³/mol. The molecule has 0 amide bonds. The molecule has 0 spiro atoms. The summed E-state index contributed by atoms with van der Waals surface area (Å²) in [4.78, 5) is 3.97. The predicted octanol–water partition coefficient (Wildman–Crippen LogP) is 2.64. The quantitative estimate of drug-likeness (QED) is 0.803. The number of alkyl halides is 1. The zero-order valence-corrected chi connectivity index (χ0v) is 9.69. The molecular formula is C10H9BrN2O2. The third-order valence-electron chi connectivity index (χ3n) is 2.05. The van der Waals surface area contributed by atoms with Gasteiger partial charge in [0, 0.05) is 16.5 Å². The Bertz CT molecular complexity index is 443. The number of halogens is 1. The zero-order valence-electron chi connectivity index (χ0n) is 8.11. The third kappa shape index (κ3) is 2.02. The SMILES string of the molecule is COc1cc(-c2ncon2)ccc1CBr. The molecule has 0 aliphatic rings. The van der Waals surface area contributed by atoms with E-state index in [2.05, 4.69) is 30.6 Å². The maximum Gasteiger partial charge on any atom is 0.214 e. The van der Waals surface area contributed by atoms with Crippen LogP contribution in [0.4, 0.5) is 0 Å². The first-order valence-corrected chi connectivity index (χ1v) is 5.47. The van der Waals surface area contributed by atoms with Gasteiger partial charge < -0.3 is 9.26 Å². The molecule has 1 aromatic carbocycles. The van der Waals surface area contributed by atoms with Gasteiger partial charge in [-0.25, -0.2) is 0 Å². The highest BCUT2D eigenvalue weighted by Crippen LogP contribution is 2.26. The van der Waals surface area contributed by atoms with Crippen molar-refractivity contribution in [3.63, 3.8) is 0 Å². The number of benzene rings is 1. The van der Waals surface area contributed by atoms with Gasteiger partial charge in [-0.2, -0.15) is 4.98 Å². The molecule has 2 rings (SSSR count). The van der Waals surface area contributed by atoms with E-state index in [9.17, 15) is 0 Å². The molecule has 0 unspecified atom stereocenters. The molecule has 0 radical (unpaired) electrons. The Morgan fingerprint density at radius 3 is 2.93 bits per heavy atom. The highest BCUT2D eigenvalue weighted by Gasteiger charge is 2.07. The van der Waals surface area contributed by atoms with Gasteiger partial charge in [-0.3, -0.25) is 0 Å². The van der Waals surface area contributed by atoms with Crippen LogP contribution in [0.15, 0.2) is 29.1 Å². The number of rotatable bonds is 3. The molecule has 78 valence electrons. The van der Waals surface area contributed by atoms with Gasteiger partial charge in [0.05, 0.1) is 7.11 Å². The van der Waals surface area contributed by atoms with Crippen LogP contribution < -0.4 is 4.74 Å². The number of ether oxygens (including phenoxy) is 1. The smallest absolute Gasteiger partial charge is 0.214 e. The average molecular weight is 269 g/mol. The van der Waals surface area contributed by atoms with Crippen molar-refractivity contribution in [3.8, 4) is 17.1 Å².